The van der Waals surface area contributed by atoms with Gasteiger partial charge < -0.3 is 9.47 Å². The van der Waals surface area contributed by atoms with E-state index >= 15 is 0 Å². The molecule has 0 radical (unpaired) electrons. The molecule has 1 aliphatic heterocycles. The molecule has 0 aliphatic carbocycles. The van der Waals surface area contributed by atoms with Gasteiger partial charge in [-0.15, -0.1) is 0 Å². The van der Waals surface area contributed by atoms with Gasteiger partial charge in [0.15, 0.2) is 5.82 Å². The Kier molecular flexibility index (Phi) is 4.17. The molecule has 6 heteroatoms. The van der Waals surface area contributed by atoms with E-state index in [0.717, 1.165) is 32.7 Å². The highest BCUT2D eigenvalue weighted by atomic mass is 79.9. The third-order valence-electron chi connectivity index (χ3n) is 3.20. The number of rotatable bonds is 3. The Hall–Kier alpha value is -1.14. The lowest BCUT2D eigenvalue weighted by Gasteiger charge is -2.12. The molecule has 4 nitrogen and oxygen atoms in total. The van der Waals surface area contributed by atoms with E-state index in [1.807, 2.05) is 19.1 Å². The summed E-state index contributed by atoms with van der Waals surface area (Å²) < 4.78 is 13.0. The Bertz CT molecular complexity index is 671. The molecule has 1 unspecified atom stereocenters. The van der Waals surface area contributed by atoms with Crippen LogP contribution in [0.1, 0.15) is 19.4 Å². The van der Waals surface area contributed by atoms with Crippen molar-refractivity contribution < 1.29 is 9.47 Å². The molecule has 0 fully saturated rings. The van der Waals surface area contributed by atoms with Gasteiger partial charge in [0.05, 0.1) is 12.2 Å². The second kappa shape index (κ2) is 5.93. The van der Waals surface area contributed by atoms with Crippen LogP contribution in [-0.4, -0.2) is 22.7 Å². The van der Waals surface area contributed by atoms with E-state index in [0.29, 0.717) is 12.4 Å². The zero-order valence-corrected chi connectivity index (χ0v) is 14.9. The predicted octanol–water partition coefficient (Wildman–Crippen LogP) is 4.39. The topological polar surface area (TPSA) is 44.2 Å². The Morgan fingerprint density at radius 2 is 1.95 bits per heavy atom. The summed E-state index contributed by atoms with van der Waals surface area (Å²) in [6.07, 6.45) is 1.10. The van der Waals surface area contributed by atoms with Crippen molar-refractivity contribution in [2.75, 3.05) is 6.61 Å². The monoisotopic (exact) mass is 412 g/mol. The van der Waals surface area contributed by atoms with Crippen LogP contribution in [-0.2, 0) is 6.42 Å². The maximum absolute atomic E-state index is 5.83. The van der Waals surface area contributed by atoms with Crippen LogP contribution in [0.15, 0.2) is 27.4 Å². The molecular formula is C15H14Br2N2O2. The smallest absolute Gasteiger partial charge is 0.165 e. The lowest BCUT2D eigenvalue weighted by molar-refractivity contribution is 0.254. The number of aromatic nitrogens is 2. The van der Waals surface area contributed by atoms with E-state index in [1.54, 1.807) is 6.07 Å². The van der Waals surface area contributed by atoms with Crippen molar-refractivity contribution in [1.29, 1.82) is 0 Å². The van der Waals surface area contributed by atoms with Gasteiger partial charge in [-0.05, 0) is 57.8 Å². The molecule has 1 aromatic heterocycles. The summed E-state index contributed by atoms with van der Waals surface area (Å²) >= 11 is 6.79. The van der Waals surface area contributed by atoms with Crippen LogP contribution in [0.3, 0.4) is 0 Å². The quantitative estimate of drug-likeness (QED) is 0.700. The number of hydrogen-bond acceptors (Lipinski definition) is 4. The maximum Gasteiger partial charge on any atom is 0.165 e. The second-order valence-corrected chi connectivity index (χ2v) is 6.48. The molecule has 110 valence electrons. The molecule has 0 bridgehead atoms. The standard InChI is InChI=1S/C15H14Br2N2O2/c1-3-20-12-5-9-4-8(2)21-11(9)6-10(12)15-18-13(16)7-14(17)19-15/h5-8H,3-4H2,1-2H3. The second-order valence-electron chi connectivity index (χ2n) is 4.86. The highest BCUT2D eigenvalue weighted by Crippen LogP contribution is 2.39. The lowest BCUT2D eigenvalue weighted by atomic mass is 10.1. The summed E-state index contributed by atoms with van der Waals surface area (Å²) in [7, 11) is 0. The molecular weight excluding hydrogens is 400 g/mol. The molecule has 0 saturated heterocycles. The van der Waals surface area contributed by atoms with Gasteiger partial charge in [0.25, 0.3) is 0 Å². The lowest BCUT2D eigenvalue weighted by Crippen LogP contribution is -2.05. The summed E-state index contributed by atoms with van der Waals surface area (Å²) in [6, 6.07) is 5.81. The first-order chi connectivity index (χ1) is 10.1. The Morgan fingerprint density at radius 1 is 1.24 bits per heavy atom. The molecule has 2 aromatic rings. The molecule has 0 saturated carbocycles. The summed E-state index contributed by atoms with van der Waals surface area (Å²) in [5.41, 5.74) is 2.01. The first-order valence-electron chi connectivity index (χ1n) is 6.73. The average molecular weight is 414 g/mol. The minimum atomic E-state index is 0.194. The van der Waals surface area contributed by atoms with Crippen molar-refractivity contribution in [3.8, 4) is 22.9 Å². The van der Waals surface area contributed by atoms with Crippen LogP contribution in [0.5, 0.6) is 11.5 Å². The Labute approximate surface area is 140 Å². The van der Waals surface area contributed by atoms with Gasteiger partial charge in [-0.25, -0.2) is 9.97 Å². The normalized spacial score (nSPS) is 16.5. The van der Waals surface area contributed by atoms with Gasteiger partial charge in [-0.1, -0.05) is 0 Å². The number of benzene rings is 1. The molecule has 21 heavy (non-hydrogen) atoms. The number of nitrogens with zero attached hydrogens (tertiary/aromatic N) is 2. The van der Waals surface area contributed by atoms with E-state index in [-0.39, 0.29) is 6.10 Å². The Morgan fingerprint density at radius 3 is 2.62 bits per heavy atom. The van der Waals surface area contributed by atoms with E-state index in [1.165, 1.54) is 5.56 Å². The van der Waals surface area contributed by atoms with Crippen molar-refractivity contribution in [3.63, 3.8) is 0 Å². The van der Waals surface area contributed by atoms with Crippen LogP contribution in [0.25, 0.3) is 11.4 Å². The number of fused-ring (bicyclic) bond motifs is 1. The minimum Gasteiger partial charge on any atom is -0.493 e. The molecule has 1 aromatic carbocycles. The van der Waals surface area contributed by atoms with Crippen LogP contribution >= 0.6 is 31.9 Å². The van der Waals surface area contributed by atoms with Crippen molar-refractivity contribution in [1.82, 2.24) is 9.97 Å². The van der Waals surface area contributed by atoms with Crippen molar-refractivity contribution in [2.24, 2.45) is 0 Å². The largest absolute Gasteiger partial charge is 0.493 e. The van der Waals surface area contributed by atoms with E-state index < -0.39 is 0 Å². The zero-order chi connectivity index (χ0) is 15.0. The van der Waals surface area contributed by atoms with Crippen molar-refractivity contribution in [3.05, 3.63) is 33.0 Å². The van der Waals surface area contributed by atoms with Crippen LogP contribution < -0.4 is 9.47 Å². The molecule has 1 atom stereocenters. The van der Waals surface area contributed by atoms with Gasteiger partial charge in [0, 0.05) is 18.1 Å². The summed E-state index contributed by atoms with van der Waals surface area (Å²) in [5, 5.41) is 0. The molecule has 0 amide bonds. The van der Waals surface area contributed by atoms with E-state index in [9.17, 15) is 0 Å². The minimum absolute atomic E-state index is 0.194. The highest BCUT2D eigenvalue weighted by molar-refractivity contribution is 9.11. The van der Waals surface area contributed by atoms with E-state index in [4.69, 9.17) is 9.47 Å². The zero-order valence-electron chi connectivity index (χ0n) is 11.7. The van der Waals surface area contributed by atoms with Gasteiger partial charge in [-0.2, -0.15) is 0 Å². The van der Waals surface area contributed by atoms with Crippen LogP contribution in [0.2, 0.25) is 0 Å². The number of halogens is 2. The molecule has 0 spiro atoms. The number of ether oxygens (including phenoxy) is 2. The summed E-state index contributed by atoms with van der Waals surface area (Å²) in [5.74, 6) is 2.28. The molecule has 0 N–H and O–H groups in total. The predicted molar refractivity (Wildman–Crippen MR) is 87.8 cm³/mol. The maximum atomic E-state index is 5.83. The van der Waals surface area contributed by atoms with Crippen molar-refractivity contribution in [2.45, 2.75) is 26.4 Å². The van der Waals surface area contributed by atoms with Gasteiger partial charge >= 0.3 is 0 Å². The van der Waals surface area contributed by atoms with Gasteiger partial charge in [0.1, 0.15) is 26.8 Å². The van der Waals surface area contributed by atoms with Gasteiger partial charge in [0.2, 0.25) is 0 Å². The average Bonchev–Trinajstić information content (AvgIpc) is 2.76. The molecule has 3 rings (SSSR count). The highest BCUT2D eigenvalue weighted by Gasteiger charge is 2.23. The third-order valence-corrected chi connectivity index (χ3v) is 4.02. The van der Waals surface area contributed by atoms with Gasteiger partial charge in [-0.3, -0.25) is 0 Å². The summed E-state index contributed by atoms with van der Waals surface area (Å²) in [6.45, 7) is 4.62. The van der Waals surface area contributed by atoms with Crippen LogP contribution in [0.4, 0.5) is 0 Å². The third kappa shape index (κ3) is 3.06. The fraction of sp³-hybridized carbons (Fsp3) is 0.333. The fourth-order valence-corrected chi connectivity index (χ4v) is 3.48. The van der Waals surface area contributed by atoms with Crippen molar-refractivity contribution >= 4 is 31.9 Å². The number of hydrogen-bond donors (Lipinski definition) is 0. The van der Waals surface area contributed by atoms with Crippen LogP contribution in [0, 0.1) is 0 Å². The first-order valence-corrected chi connectivity index (χ1v) is 8.32. The fourth-order valence-electron chi connectivity index (χ4n) is 2.40. The first kappa shape index (κ1) is 14.8. The Balaban J connectivity index is 2.14. The SMILES string of the molecule is CCOc1cc2c(cc1-c1nc(Br)cc(Br)n1)OC(C)C2. The summed E-state index contributed by atoms with van der Waals surface area (Å²) in [4.78, 5) is 8.86. The van der Waals surface area contributed by atoms with E-state index in [2.05, 4.69) is 48.8 Å². The molecule has 2 heterocycles. The molecule has 1 aliphatic rings.